The van der Waals surface area contributed by atoms with E-state index in [1.165, 1.54) is 24.2 Å². The third-order valence-electron chi connectivity index (χ3n) is 3.34. The van der Waals surface area contributed by atoms with Crippen LogP contribution in [0, 0.1) is 0 Å². The van der Waals surface area contributed by atoms with Crippen molar-refractivity contribution in [2.45, 2.75) is 25.3 Å². The average Bonchev–Trinajstić information content (AvgIpc) is 3.15. The third kappa shape index (κ3) is 2.39. The van der Waals surface area contributed by atoms with E-state index in [0.717, 1.165) is 38.6 Å². The summed E-state index contributed by atoms with van der Waals surface area (Å²) < 4.78 is 0. The molecule has 1 aliphatic carbocycles. The molecule has 4 nitrogen and oxygen atoms in total. The van der Waals surface area contributed by atoms with Crippen molar-refractivity contribution in [3.8, 4) is 0 Å². The molecule has 2 heterocycles. The van der Waals surface area contributed by atoms with E-state index in [0.29, 0.717) is 0 Å². The minimum absolute atomic E-state index is 0.727. The molecule has 1 aromatic heterocycles. The molecule has 16 heavy (non-hydrogen) atoms. The maximum Gasteiger partial charge on any atom is 0.115 e. The fraction of sp³-hybridized carbons (Fsp3) is 0.667. The van der Waals surface area contributed by atoms with E-state index in [1.54, 1.807) is 6.33 Å². The summed E-state index contributed by atoms with van der Waals surface area (Å²) >= 11 is 0. The highest BCUT2D eigenvalue weighted by molar-refractivity contribution is 5.17. The van der Waals surface area contributed by atoms with E-state index in [-0.39, 0.29) is 0 Å². The smallest absolute Gasteiger partial charge is 0.115 e. The van der Waals surface area contributed by atoms with Gasteiger partial charge >= 0.3 is 0 Å². The molecule has 2 aliphatic rings. The predicted molar refractivity (Wildman–Crippen MR) is 62.2 cm³/mol. The molecule has 2 fully saturated rings. The molecular weight excluding hydrogens is 200 g/mol. The molecule has 0 atom stereocenters. The number of hydrogen-bond donors (Lipinski definition) is 1. The van der Waals surface area contributed by atoms with Crippen molar-refractivity contribution < 1.29 is 0 Å². The first-order chi connectivity index (χ1) is 7.92. The van der Waals surface area contributed by atoms with Crippen LogP contribution in [0.4, 0.5) is 0 Å². The van der Waals surface area contributed by atoms with Crippen LogP contribution in [-0.4, -0.2) is 41.0 Å². The Morgan fingerprint density at radius 3 is 2.81 bits per heavy atom. The van der Waals surface area contributed by atoms with Gasteiger partial charge in [-0.2, -0.15) is 0 Å². The van der Waals surface area contributed by atoms with Gasteiger partial charge in [0.1, 0.15) is 6.33 Å². The molecule has 0 unspecified atom stereocenters. The van der Waals surface area contributed by atoms with Crippen molar-refractivity contribution in [3.63, 3.8) is 0 Å². The topological polar surface area (TPSA) is 41.1 Å². The van der Waals surface area contributed by atoms with Crippen LogP contribution in [-0.2, 0) is 6.54 Å². The molecule has 1 N–H and O–H groups in total. The molecule has 86 valence electrons. The van der Waals surface area contributed by atoms with E-state index >= 15 is 0 Å². The summed E-state index contributed by atoms with van der Waals surface area (Å²) in [6, 6.07) is 2.19. The second-order valence-electron chi connectivity index (χ2n) is 4.73. The molecular formula is C12H18N4. The Bertz CT molecular complexity index is 356. The number of rotatable bonds is 3. The number of piperazine rings is 1. The molecule has 0 bridgehead atoms. The molecule has 1 aliphatic heterocycles. The second kappa shape index (κ2) is 4.47. The van der Waals surface area contributed by atoms with Gasteiger partial charge in [-0.15, -0.1) is 0 Å². The molecule has 0 radical (unpaired) electrons. The zero-order chi connectivity index (χ0) is 10.8. The maximum atomic E-state index is 4.37. The van der Waals surface area contributed by atoms with Gasteiger partial charge in [-0.3, -0.25) is 4.90 Å². The summed E-state index contributed by atoms with van der Waals surface area (Å²) in [6.07, 6.45) is 4.35. The minimum atomic E-state index is 0.727. The highest BCUT2D eigenvalue weighted by Crippen LogP contribution is 2.38. The molecule has 3 rings (SSSR count). The van der Waals surface area contributed by atoms with Crippen LogP contribution in [0.2, 0.25) is 0 Å². The Kier molecular flexibility index (Phi) is 2.84. The Morgan fingerprint density at radius 2 is 2.06 bits per heavy atom. The number of aromatic nitrogens is 2. The molecule has 1 saturated heterocycles. The summed E-state index contributed by atoms with van der Waals surface area (Å²) in [7, 11) is 0. The van der Waals surface area contributed by atoms with Crippen LogP contribution in [0.1, 0.15) is 30.1 Å². The first-order valence-electron chi connectivity index (χ1n) is 6.16. The van der Waals surface area contributed by atoms with Gasteiger partial charge in [-0.05, 0) is 18.9 Å². The van der Waals surface area contributed by atoms with Gasteiger partial charge in [-0.1, -0.05) is 0 Å². The highest BCUT2D eigenvalue weighted by Gasteiger charge is 2.25. The van der Waals surface area contributed by atoms with Crippen molar-refractivity contribution in [3.05, 3.63) is 23.8 Å². The molecule has 0 spiro atoms. The van der Waals surface area contributed by atoms with E-state index in [9.17, 15) is 0 Å². The summed E-state index contributed by atoms with van der Waals surface area (Å²) in [4.78, 5) is 11.2. The average molecular weight is 218 g/mol. The maximum absolute atomic E-state index is 4.37. The lowest BCUT2D eigenvalue weighted by atomic mass is 10.2. The second-order valence-corrected chi connectivity index (χ2v) is 4.73. The zero-order valence-electron chi connectivity index (χ0n) is 9.52. The van der Waals surface area contributed by atoms with Crippen molar-refractivity contribution in [2.24, 2.45) is 0 Å². The van der Waals surface area contributed by atoms with Crippen molar-refractivity contribution in [1.82, 2.24) is 20.2 Å². The Balaban J connectivity index is 1.66. The SMILES string of the molecule is c1nc(CN2CCNCC2)cc(C2CC2)n1. The lowest BCUT2D eigenvalue weighted by molar-refractivity contribution is 0.230. The first-order valence-corrected chi connectivity index (χ1v) is 6.16. The van der Waals surface area contributed by atoms with Crippen LogP contribution in [0.25, 0.3) is 0 Å². The number of nitrogens with zero attached hydrogens (tertiary/aromatic N) is 3. The summed E-state index contributed by atoms with van der Waals surface area (Å²) in [5.74, 6) is 0.727. The lowest BCUT2D eigenvalue weighted by Crippen LogP contribution is -2.43. The normalized spacial score (nSPS) is 22.2. The molecule has 4 heteroatoms. The van der Waals surface area contributed by atoms with E-state index in [4.69, 9.17) is 0 Å². The van der Waals surface area contributed by atoms with Gasteiger partial charge in [0, 0.05) is 44.3 Å². The van der Waals surface area contributed by atoms with Gasteiger partial charge in [0.05, 0.1) is 5.69 Å². The van der Waals surface area contributed by atoms with Crippen LogP contribution < -0.4 is 5.32 Å². The summed E-state index contributed by atoms with van der Waals surface area (Å²) in [5.41, 5.74) is 2.43. The predicted octanol–water partition coefficient (Wildman–Crippen LogP) is 0.759. The Hall–Kier alpha value is -1.00. The van der Waals surface area contributed by atoms with Gasteiger partial charge in [0.25, 0.3) is 0 Å². The summed E-state index contributed by atoms with van der Waals surface area (Å²) in [5, 5.41) is 3.37. The quantitative estimate of drug-likeness (QED) is 0.813. The highest BCUT2D eigenvalue weighted by atomic mass is 15.2. The van der Waals surface area contributed by atoms with Gasteiger partial charge in [0.2, 0.25) is 0 Å². The summed E-state index contributed by atoms with van der Waals surface area (Å²) in [6.45, 7) is 5.43. The number of hydrogen-bond acceptors (Lipinski definition) is 4. The van der Waals surface area contributed by atoms with E-state index < -0.39 is 0 Å². The standard InChI is InChI=1S/C12H18N4/c1-2-10(1)12-7-11(14-9-15-12)8-16-5-3-13-4-6-16/h7,9-10,13H,1-6,8H2. The Labute approximate surface area is 96.1 Å². The van der Waals surface area contributed by atoms with Crippen LogP contribution in [0.3, 0.4) is 0 Å². The van der Waals surface area contributed by atoms with Gasteiger partial charge < -0.3 is 5.32 Å². The van der Waals surface area contributed by atoms with Crippen LogP contribution in [0.15, 0.2) is 12.4 Å². The van der Waals surface area contributed by atoms with Gasteiger partial charge in [0.15, 0.2) is 0 Å². The van der Waals surface area contributed by atoms with E-state index in [1.807, 2.05) is 0 Å². The third-order valence-corrected chi connectivity index (χ3v) is 3.34. The molecule has 0 aromatic carbocycles. The fourth-order valence-electron chi connectivity index (χ4n) is 2.20. The Morgan fingerprint density at radius 1 is 1.25 bits per heavy atom. The number of nitrogens with one attached hydrogen (secondary N) is 1. The largest absolute Gasteiger partial charge is 0.314 e. The van der Waals surface area contributed by atoms with E-state index in [2.05, 4.69) is 26.3 Å². The van der Waals surface area contributed by atoms with Gasteiger partial charge in [-0.25, -0.2) is 9.97 Å². The van der Waals surface area contributed by atoms with Crippen molar-refractivity contribution in [1.29, 1.82) is 0 Å². The lowest BCUT2D eigenvalue weighted by Gasteiger charge is -2.26. The fourth-order valence-corrected chi connectivity index (χ4v) is 2.20. The minimum Gasteiger partial charge on any atom is -0.314 e. The molecule has 1 saturated carbocycles. The zero-order valence-corrected chi connectivity index (χ0v) is 9.52. The van der Waals surface area contributed by atoms with Crippen LogP contribution in [0.5, 0.6) is 0 Å². The van der Waals surface area contributed by atoms with Crippen LogP contribution >= 0.6 is 0 Å². The first kappa shape index (κ1) is 10.2. The molecule has 0 amide bonds. The monoisotopic (exact) mass is 218 g/mol. The van der Waals surface area contributed by atoms with Crippen molar-refractivity contribution >= 4 is 0 Å². The molecule has 1 aromatic rings. The van der Waals surface area contributed by atoms with Crippen molar-refractivity contribution in [2.75, 3.05) is 26.2 Å².